The van der Waals surface area contributed by atoms with Crippen LogP contribution in [0, 0.1) is 6.92 Å². The van der Waals surface area contributed by atoms with Crippen LogP contribution in [-0.4, -0.2) is 16.7 Å². The van der Waals surface area contributed by atoms with Crippen molar-refractivity contribution in [2.45, 2.75) is 13.1 Å². The number of hydrogen-bond acceptors (Lipinski definition) is 4. The summed E-state index contributed by atoms with van der Waals surface area (Å²) in [6.07, 6.45) is 1.60. The van der Waals surface area contributed by atoms with Crippen LogP contribution in [0.4, 0.5) is 0 Å². The van der Waals surface area contributed by atoms with Gasteiger partial charge in [-0.1, -0.05) is 109 Å². The van der Waals surface area contributed by atoms with Crippen LogP contribution in [0.2, 0.25) is 0 Å². The van der Waals surface area contributed by atoms with Gasteiger partial charge in [0.1, 0.15) is 12.0 Å². The molecular formula is C33H26N4. The highest BCUT2D eigenvalue weighted by atomic mass is 15.2. The molecule has 5 aromatic rings. The van der Waals surface area contributed by atoms with Gasteiger partial charge in [0, 0.05) is 28.6 Å². The van der Waals surface area contributed by atoms with Gasteiger partial charge in [-0.2, -0.15) is 0 Å². The summed E-state index contributed by atoms with van der Waals surface area (Å²) >= 11 is 0. The third-order valence-corrected chi connectivity index (χ3v) is 6.56. The van der Waals surface area contributed by atoms with Crippen molar-refractivity contribution in [2.24, 2.45) is 9.98 Å². The van der Waals surface area contributed by atoms with Crippen molar-refractivity contribution < 1.29 is 0 Å². The maximum Gasteiger partial charge on any atom is 0.159 e. The minimum Gasteiger partial charge on any atom is -0.344 e. The molecule has 1 unspecified atom stereocenters. The van der Waals surface area contributed by atoms with E-state index in [1.807, 2.05) is 67.7 Å². The lowest BCUT2D eigenvalue weighted by Crippen LogP contribution is -2.33. The van der Waals surface area contributed by atoms with E-state index >= 15 is 0 Å². The molecule has 1 atom stereocenters. The first-order chi connectivity index (χ1) is 18.2. The van der Waals surface area contributed by atoms with E-state index in [1.165, 1.54) is 11.1 Å². The first kappa shape index (κ1) is 22.6. The second-order valence-electron chi connectivity index (χ2n) is 9.03. The van der Waals surface area contributed by atoms with Crippen LogP contribution in [0.15, 0.2) is 138 Å². The fourth-order valence-electron chi connectivity index (χ4n) is 4.59. The Labute approximate surface area is 217 Å². The summed E-state index contributed by atoms with van der Waals surface area (Å²) in [7, 11) is 0. The smallest absolute Gasteiger partial charge is 0.159 e. The quantitative estimate of drug-likeness (QED) is 0.290. The molecule has 4 nitrogen and oxygen atoms in total. The highest BCUT2D eigenvalue weighted by Crippen LogP contribution is 2.29. The Hall–Kier alpha value is -4.83. The van der Waals surface area contributed by atoms with E-state index in [4.69, 9.17) is 9.98 Å². The molecular weight excluding hydrogens is 452 g/mol. The topological polar surface area (TPSA) is 49.6 Å². The zero-order chi connectivity index (χ0) is 25.0. The average Bonchev–Trinajstić information content (AvgIpc) is 2.98. The highest BCUT2D eigenvalue weighted by molar-refractivity contribution is 6.13. The van der Waals surface area contributed by atoms with Gasteiger partial charge >= 0.3 is 0 Å². The molecule has 0 spiro atoms. The van der Waals surface area contributed by atoms with Crippen LogP contribution in [-0.2, 0) is 0 Å². The number of aromatic nitrogens is 1. The average molecular weight is 479 g/mol. The van der Waals surface area contributed by atoms with Crippen LogP contribution in [0.5, 0.6) is 0 Å². The molecule has 0 saturated carbocycles. The Morgan fingerprint density at radius 1 is 0.595 bits per heavy atom. The Morgan fingerprint density at radius 2 is 1.27 bits per heavy atom. The molecule has 6 rings (SSSR count). The normalized spacial score (nSPS) is 14.9. The monoisotopic (exact) mass is 478 g/mol. The third-order valence-electron chi connectivity index (χ3n) is 6.56. The van der Waals surface area contributed by atoms with E-state index < -0.39 is 0 Å². The zero-order valence-corrected chi connectivity index (χ0v) is 20.5. The molecule has 1 N–H and O–H groups in total. The molecule has 1 aliphatic rings. The largest absolute Gasteiger partial charge is 0.344 e. The highest BCUT2D eigenvalue weighted by Gasteiger charge is 2.21. The lowest BCUT2D eigenvalue weighted by Gasteiger charge is -2.24. The van der Waals surface area contributed by atoms with Crippen molar-refractivity contribution in [3.8, 4) is 22.3 Å². The van der Waals surface area contributed by atoms with Crippen LogP contribution < -0.4 is 5.32 Å². The summed E-state index contributed by atoms with van der Waals surface area (Å²) in [5.74, 6) is 1.55. The molecule has 1 aromatic heterocycles. The second kappa shape index (κ2) is 10.0. The van der Waals surface area contributed by atoms with E-state index in [9.17, 15) is 0 Å². The number of benzene rings is 4. The maximum atomic E-state index is 4.98. The van der Waals surface area contributed by atoms with Gasteiger partial charge in [0.2, 0.25) is 0 Å². The molecule has 2 heterocycles. The van der Waals surface area contributed by atoms with E-state index in [0.29, 0.717) is 0 Å². The predicted octanol–water partition coefficient (Wildman–Crippen LogP) is 7.22. The lowest BCUT2D eigenvalue weighted by atomic mass is 9.97. The second-order valence-corrected chi connectivity index (χ2v) is 9.03. The van der Waals surface area contributed by atoms with Gasteiger partial charge in [0.25, 0.3) is 0 Å². The molecule has 37 heavy (non-hydrogen) atoms. The number of nitrogens with zero attached hydrogens (tertiary/aromatic N) is 3. The number of rotatable bonds is 5. The van der Waals surface area contributed by atoms with Crippen molar-refractivity contribution >= 4 is 11.7 Å². The number of hydrogen-bond donors (Lipinski definition) is 1. The van der Waals surface area contributed by atoms with Gasteiger partial charge in [-0.05, 0) is 41.3 Å². The number of pyridine rings is 1. The minimum absolute atomic E-state index is 0.235. The van der Waals surface area contributed by atoms with Gasteiger partial charge in [0.05, 0.1) is 0 Å². The van der Waals surface area contributed by atoms with Crippen molar-refractivity contribution in [3.05, 3.63) is 150 Å². The fourth-order valence-corrected chi connectivity index (χ4v) is 4.59. The molecule has 0 saturated heterocycles. The first-order valence-electron chi connectivity index (χ1n) is 12.4. The Kier molecular flexibility index (Phi) is 6.14. The fraction of sp³-hybridized carbons (Fsp3) is 0.0606. The van der Waals surface area contributed by atoms with Crippen molar-refractivity contribution in [1.29, 1.82) is 0 Å². The standard InChI is InChI=1S/C33H26N4/c1-23-30(16-9-21-34-23)29-15-8-14-28(22-29)24-17-19-27(20-18-24)33-36-31(25-10-4-2-5-11-25)35-32(37-33)26-12-6-3-7-13-26/h2-22,33H,1H3,(H,35,36,37). The Bertz CT molecular complexity index is 1590. The summed E-state index contributed by atoms with van der Waals surface area (Å²) in [6, 6.07) is 41.7. The third kappa shape index (κ3) is 4.82. The maximum absolute atomic E-state index is 4.98. The molecule has 0 amide bonds. The minimum atomic E-state index is -0.235. The Balaban J connectivity index is 1.32. The van der Waals surface area contributed by atoms with E-state index in [1.54, 1.807) is 0 Å². The molecule has 0 bridgehead atoms. The van der Waals surface area contributed by atoms with Crippen LogP contribution in [0.3, 0.4) is 0 Å². The predicted molar refractivity (Wildman–Crippen MR) is 152 cm³/mol. The van der Waals surface area contributed by atoms with Crippen molar-refractivity contribution in [2.75, 3.05) is 0 Å². The van der Waals surface area contributed by atoms with E-state index in [2.05, 4.69) is 77.0 Å². The Morgan fingerprint density at radius 3 is 2.00 bits per heavy atom. The van der Waals surface area contributed by atoms with E-state index in [0.717, 1.165) is 45.2 Å². The van der Waals surface area contributed by atoms with Crippen LogP contribution >= 0.6 is 0 Å². The lowest BCUT2D eigenvalue weighted by molar-refractivity contribution is 0.674. The summed E-state index contributed by atoms with van der Waals surface area (Å²) in [6.45, 7) is 2.05. The SMILES string of the molecule is Cc1ncccc1-c1cccc(-c2ccc(C3N=C(c4ccccc4)N=C(c4ccccc4)N3)cc2)c1. The summed E-state index contributed by atoms with van der Waals surface area (Å²) in [4.78, 5) is 14.3. The number of aliphatic imine (C=N–C) groups is 2. The number of nitrogens with one attached hydrogen (secondary N) is 1. The van der Waals surface area contributed by atoms with Gasteiger partial charge in [-0.15, -0.1) is 0 Å². The number of amidine groups is 2. The van der Waals surface area contributed by atoms with Gasteiger partial charge in [-0.25, -0.2) is 9.98 Å². The van der Waals surface area contributed by atoms with Gasteiger partial charge in [-0.3, -0.25) is 4.98 Å². The number of aryl methyl sites for hydroxylation is 1. The van der Waals surface area contributed by atoms with Gasteiger partial charge in [0.15, 0.2) is 5.84 Å². The molecule has 0 radical (unpaired) electrons. The molecule has 4 aromatic carbocycles. The van der Waals surface area contributed by atoms with Crippen LogP contribution in [0.25, 0.3) is 22.3 Å². The summed E-state index contributed by atoms with van der Waals surface area (Å²) in [5.41, 5.74) is 8.80. The first-order valence-corrected chi connectivity index (χ1v) is 12.4. The van der Waals surface area contributed by atoms with E-state index in [-0.39, 0.29) is 6.17 Å². The van der Waals surface area contributed by atoms with Gasteiger partial charge < -0.3 is 5.32 Å². The molecule has 1 aliphatic heterocycles. The molecule has 4 heteroatoms. The van der Waals surface area contributed by atoms with Crippen molar-refractivity contribution in [3.63, 3.8) is 0 Å². The van der Waals surface area contributed by atoms with Crippen LogP contribution in [0.1, 0.15) is 28.6 Å². The summed E-state index contributed by atoms with van der Waals surface area (Å²) < 4.78 is 0. The summed E-state index contributed by atoms with van der Waals surface area (Å²) in [5, 5.41) is 3.54. The molecule has 0 aliphatic carbocycles. The zero-order valence-electron chi connectivity index (χ0n) is 20.5. The molecule has 0 fully saturated rings. The van der Waals surface area contributed by atoms with Crippen molar-refractivity contribution in [1.82, 2.24) is 10.3 Å². The molecule has 178 valence electrons.